The fraction of sp³-hybridized carbons (Fsp3) is 0.118. The molecule has 0 atom stereocenters. The van der Waals surface area contributed by atoms with Crippen LogP contribution >= 0.6 is 23.2 Å². The summed E-state index contributed by atoms with van der Waals surface area (Å²) in [6.07, 6.45) is 2.38. The lowest BCUT2D eigenvalue weighted by atomic mass is 10.1. The molecule has 4 nitrogen and oxygen atoms in total. The molecule has 0 saturated heterocycles. The number of carbonyl (C=O) groups excluding carboxylic acids is 1. The SMILES string of the molecule is O=C(NCCc1c[nH]c2c(Cl)cc(Cl)cc12)c1ccc(O)c(F)c1. The summed E-state index contributed by atoms with van der Waals surface area (Å²) >= 11 is 12.1. The van der Waals surface area contributed by atoms with E-state index in [2.05, 4.69) is 10.3 Å². The van der Waals surface area contributed by atoms with Gasteiger partial charge < -0.3 is 15.4 Å². The van der Waals surface area contributed by atoms with Gasteiger partial charge >= 0.3 is 0 Å². The number of hydrogen-bond acceptors (Lipinski definition) is 2. The molecule has 7 heteroatoms. The van der Waals surface area contributed by atoms with Crippen molar-refractivity contribution in [1.82, 2.24) is 10.3 Å². The first-order chi connectivity index (χ1) is 11.5. The van der Waals surface area contributed by atoms with Gasteiger partial charge in [-0.05, 0) is 42.3 Å². The second-order valence-electron chi connectivity index (χ2n) is 5.30. The lowest BCUT2D eigenvalue weighted by Crippen LogP contribution is -2.25. The number of hydrogen-bond donors (Lipinski definition) is 3. The van der Waals surface area contributed by atoms with Crippen LogP contribution in [0.2, 0.25) is 10.0 Å². The summed E-state index contributed by atoms with van der Waals surface area (Å²) in [5, 5.41) is 13.8. The van der Waals surface area contributed by atoms with E-state index < -0.39 is 17.5 Å². The predicted octanol–water partition coefficient (Wildman–Crippen LogP) is 4.29. The number of amides is 1. The molecular weight excluding hydrogens is 354 g/mol. The van der Waals surface area contributed by atoms with Crippen LogP contribution in [-0.4, -0.2) is 22.5 Å². The van der Waals surface area contributed by atoms with Crippen LogP contribution < -0.4 is 5.32 Å². The summed E-state index contributed by atoms with van der Waals surface area (Å²) in [6, 6.07) is 6.97. The fourth-order valence-corrected chi connectivity index (χ4v) is 3.03. The van der Waals surface area contributed by atoms with E-state index in [0.29, 0.717) is 23.0 Å². The van der Waals surface area contributed by atoms with Crippen molar-refractivity contribution in [3.63, 3.8) is 0 Å². The van der Waals surface area contributed by atoms with Gasteiger partial charge in [-0.1, -0.05) is 23.2 Å². The van der Waals surface area contributed by atoms with Gasteiger partial charge in [0.05, 0.1) is 10.5 Å². The molecule has 1 heterocycles. The van der Waals surface area contributed by atoms with Crippen molar-refractivity contribution in [3.8, 4) is 5.75 Å². The van der Waals surface area contributed by atoms with Gasteiger partial charge in [-0.3, -0.25) is 4.79 Å². The van der Waals surface area contributed by atoms with Crippen molar-refractivity contribution < 1.29 is 14.3 Å². The summed E-state index contributed by atoms with van der Waals surface area (Å²) in [7, 11) is 0. The van der Waals surface area contributed by atoms with Crippen LogP contribution in [0.25, 0.3) is 10.9 Å². The Bertz CT molecular complexity index is 924. The van der Waals surface area contributed by atoms with Crippen molar-refractivity contribution >= 4 is 40.0 Å². The number of rotatable bonds is 4. The highest BCUT2D eigenvalue weighted by molar-refractivity contribution is 6.38. The average Bonchev–Trinajstić information content (AvgIpc) is 2.93. The molecule has 0 fully saturated rings. The number of phenols is 1. The lowest BCUT2D eigenvalue weighted by Gasteiger charge is -2.06. The Balaban J connectivity index is 1.68. The fourth-order valence-electron chi connectivity index (χ4n) is 2.48. The molecule has 1 aromatic heterocycles. The Morgan fingerprint density at radius 2 is 2.04 bits per heavy atom. The molecule has 0 aliphatic rings. The third kappa shape index (κ3) is 3.32. The van der Waals surface area contributed by atoms with E-state index in [1.807, 2.05) is 12.3 Å². The highest BCUT2D eigenvalue weighted by Crippen LogP contribution is 2.29. The Morgan fingerprint density at radius 1 is 1.25 bits per heavy atom. The van der Waals surface area contributed by atoms with Crippen LogP contribution in [0.15, 0.2) is 36.5 Å². The summed E-state index contributed by atoms with van der Waals surface area (Å²) in [4.78, 5) is 15.1. The van der Waals surface area contributed by atoms with E-state index in [4.69, 9.17) is 28.3 Å². The molecule has 0 aliphatic heterocycles. The molecule has 3 rings (SSSR count). The molecule has 3 N–H and O–H groups in total. The monoisotopic (exact) mass is 366 g/mol. The van der Waals surface area contributed by atoms with E-state index in [1.165, 1.54) is 6.07 Å². The molecule has 0 saturated carbocycles. The third-order valence-electron chi connectivity index (χ3n) is 3.68. The van der Waals surface area contributed by atoms with Crippen LogP contribution in [0, 0.1) is 5.82 Å². The summed E-state index contributed by atoms with van der Waals surface area (Å²) in [6.45, 7) is 0.360. The van der Waals surface area contributed by atoms with Crippen molar-refractivity contribution in [2.45, 2.75) is 6.42 Å². The molecule has 0 radical (unpaired) electrons. The van der Waals surface area contributed by atoms with E-state index in [-0.39, 0.29) is 5.56 Å². The number of fused-ring (bicyclic) bond motifs is 1. The first kappa shape index (κ1) is 16.6. The van der Waals surface area contributed by atoms with Crippen LogP contribution in [0.5, 0.6) is 5.75 Å². The number of nitrogens with one attached hydrogen (secondary N) is 2. The van der Waals surface area contributed by atoms with Crippen molar-refractivity contribution in [3.05, 3.63) is 63.5 Å². The Labute approximate surface area is 147 Å². The number of halogens is 3. The van der Waals surface area contributed by atoms with Crippen molar-refractivity contribution in [2.75, 3.05) is 6.54 Å². The molecule has 0 spiro atoms. The van der Waals surface area contributed by atoms with E-state index in [1.54, 1.807) is 6.07 Å². The van der Waals surface area contributed by atoms with Crippen molar-refractivity contribution in [2.24, 2.45) is 0 Å². The van der Waals surface area contributed by atoms with Gasteiger partial charge in [0, 0.05) is 28.7 Å². The molecule has 3 aromatic rings. The Hall–Kier alpha value is -2.24. The predicted molar refractivity (Wildman–Crippen MR) is 92.4 cm³/mol. The molecule has 1 amide bonds. The van der Waals surface area contributed by atoms with E-state index in [0.717, 1.165) is 28.6 Å². The smallest absolute Gasteiger partial charge is 0.251 e. The normalized spacial score (nSPS) is 11.0. The standard InChI is InChI=1S/C17H13Cl2FN2O2/c18-11-6-12-10(8-22-16(12)13(19)7-11)3-4-21-17(24)9-1-2-15(23)14(20)5-9/h1-2,5-8,22-23H,3-4H2,(H,21,24). The zero-order valence-corrected chi connectivity index (χ0v) is 13.9. The number of aromatic amines is 1. The molecule has 124 valence electrons. The molecule has 24 heavy (non-hydrogen) atoms. The van der Waals surface area contributed by atoms with E-state index >= 15 is 0 Å². The quantitative estimate of drug-likeness (QED) is 0.644. The highest BCUT2D eigenvalue weighted by atomic mass is 35.5. The van der Waals surface area contributed by atoms with E-state index in [9.17, 15) is 9.18 Å². The minimum Gasteiger partial charge on any atom is -0.505 e. The minimum atomic E-state index is -0.830. The largest absolute Gasteiger partial charge is 0.505 e. The number of aromatic nitrogens is 1. The topological polar surface area (TPSA) is 65.1 Å². The maximum atomic E-state index is 13.3. The minimum absolute atomic E-state index is 0.148. The number of aromatic hydroxyl groups is 1. The van der Waals surface area contributed by atoms with Gasteiger partial charge in [0.25, 0.3) is 5.91 Å². The van der Waals surface area contributed by atoms with Gasteiger partial charge in [0.15, 0.2) is 11.6 Å². The van der Waals surface area contributed by atoms with Crippen LogP contribution in [-0.2, 0) is 6.42 Å². The molecule has 0 bridgehead atoms. The zero-order valence-electron chi connectivity index (χ0n) is 12.4. The maximum absolute atomic E-state index is 13.3. The molecule has 0 aliphatic carbocycles. The van der Waals surface area contributed by atoms with Gasteiger partial charge in [0.1, 0.15) is 0 Å². The number of phenolic OH excluding ortho intramolecular Hbond substituents is 1. The first-order valence-corrected chi connectivity index (χ1v) is 7.93. The lowest BCUT2D eigenvalue weighted by molar-refractivity contribution is 0.0953. The zero-order chi connectivity index (χ0) is 17.3. The summed E-state index contributed by atoms with van der Waals surface area (Å²) in [5.74, 6) is -1.73. The second-order valence-corrected chi connectivity index (χ2v) is 6.14. The number of H-pyrrole nitrogens is 1. The van der Waals surface area contributed by atoms with Gasteiger partial charge in [-0.2, -0.15) is 0 Å². The molecule has 2 aromatic carbocycles. The maximum Gasteiger partial charge on any atom is 0.251 e. The molecular formula is C17H13Cl2FN2O2. The van der Waals surface area contributed by atoms with Gasteiger partial charge in [0.2, 0.25) is 0 Å². The second kappa shape index (κ2) is 6.71. The van der Waals surface area contributed by atoms with Crippen LogP contribution in [0.3, 0.4) is 0 Å². The van der Waals surface area contributed by atoms with Gasteiger partial charge in [-0.25, -0.2) is 4.39 Å². The van der Waals surface area contributed by atoms with Gasteiger partial charge in [-0.15, -0.1) is 0 Å². The Morgan fingerprint density at radius 3 is 2.79 bits per heavy atom. The van der Waals surface area contributed by atoms with Crippen molar-refractivity contribution in [1.29, 1.82) is 0 Å². The van der Waals surface area contributed by atoms with Crippen LogP contribution in [0.4, 0.5) is 4.39 Å². The van der Waals surface area contributed by atoms with Crippen LogP contribution in [0.1, 0.15) is 15.9 Å². The third-order valence-corrected chi connectivity index (χ3v) is 4.20. The molecule has 0 unspecified atom stereocenters. The summed E-state index contributed by atoms with van der Waals surface area (Å²) in [5.41, 5.74) is 1.91. The number of carbonyl (C=O) groups is 1. The first-order valence-electron chi connectivity index (χ1n) is 7.17. The number of benzene rings is 2. The average molecular weight is 367 g/mol. The summed E-state index contributed by atoms with van der Waals surface area (Å²) < 4.78 is 13.3. The highest BCUT2D eigenvalue weighted by Gasteiger charge is 2.11. The Kier molecular flexibility index (Phi) is 4.64.